The van der Waals surface area contributed by atoms with Gasteiger partial charge < -0.3 is 8.98 Å². The topological polar surface area (TPSA) is 69.6 Å². The molecule has 0 bridgehead atoms. The van der Waals surface area contributed by atoms with Crippen molar-refractivity contribution in [3.8, 4) is 22.2 Å². The molecule has 27 heavy (non-hydrogen) atoms. The van der Waals surface area contributed by atoms with Crippen LogP contribution in [0.15, 0.2) is 51.4 Å². The Morgan fingerprint density at radius 3 is 2.67 bits per heavy atom. The Balaban J connectivity index is 1.56. The molecule has 0 N–H and O–H groups in total. The molecule has 1 aromatic carbocycles. The van der Waals surface area contributed by atoms with E-state index in [1.807, 2.05) is 48.7 Å². The lowest BCUT2D eigenvalue weighted by Crippen LogP contribution is -2.01. The zero-order valence-corrected chi connectivity index (χ0v) is 17.1. The SMILES string of the molecule is CCn1c(SC(C)c2nnc(-c3cccs3)o2)nnc1-c1ccc(Cl)cc1. The molecule has 0 aliphatic carbocycles. The minimum atomic E-state index is -0.0428. The zero-order valence-electron chi connectivity index (χ0n) is 14.7. The van der Waals surface area contributed by atoms with Crippen molar-refractivity contribution in [2.24, 2.45) is 0 Å². The number of rotatable bonds is 6. The van der Waals surface area contributed by atoms with Crippen LogP contribution in [0.25, 0.3) is 22.2 Å². The number of hydrogen-bond donors (Lipinski definition) is 0. The first-order chi connectivity index (χ1) is 13.2. The third-order valence-corrected chi connectivity index (χ3v) is 6.12. The number of halogens is 1. The first kappa shape index (κ1) is 18.2. The molecule has 138 valence electrons. The monoisotopic (exact) mass is 417 g/mol. The molecule has 4 rings (SSSR count). The van der Waals surface area contributed by atoms with Crippen molar-refractivity contribution in [3.63, 3.8) is 0 Å². The van der Waals surface area contributed by atoms with Crippen LogP contribution in [0.3, 0.4) is 0 Å². The van der Waals surface area contributed by atoms with E-state index < -0.39 is 0 Å². The third kappa shape index (κ3) is 3.78. The van der Waals surface area contributed by atoms with Gasteiger partial charge in [-0.05, 0) is 49.6 Å². The van der Waals surface area contributed by atoms with Gasteiger partial charge in [-0.1, -0.05) is 29.4 Å². The van der Waals surface area contributed by atoms with Crippen LogP contribution in [-0.4, -0.2) is 25.0 Å². The molecule has 4 aromatic rings. The molecule has 0 amide bonds. The number of thioether (sulfide) groups is 1. The molecule has 0 aliphatic rings. The molecule has 0 aliphatic heterocycles. The number of thiophene rings is 1. The quantitative estimate of drug-likeness (QED) is 0.381. The van der Waals surface area contributed by atoms with E-state index in [9.17, 15) is 0 Å². The predicted octanol–water partition coefficient (Wildman–Crippen LogP) is 5.58. The van der Waals surface area contributed by atoms with Gasteiger partial charge in [0.15, 0.2) is 11.0 Å². The smallest absolute Gasteiger partial charge is 0.257 e. The van der Waals surface area contributed by atoms with Gasteiger partial charge in [0, 0.05) is 17.1 Å². The summed E-state index contributed by atoms with van der Waals surface area (Å²) in [5.41, 5.74) is 0.978. The maximum Gasteiger partial charge on any atom is 0.257 e. The summed E-state index contributed by atoms with van der Waals surface area (Å²) in [6.07, 6.45) is 0. The van der Waals surface area contributed by atoms with Gasteiger partial charge in [0.1, 0.15) is 0 Å². The van der Waals surface area contributed by atoms with Crippen LogP contribution in [0.1, 0.15) is 25.0 Å². The van der Waals surface area contributed by atoms with Crippen molar-refractivity contribution in [1.29, 1.82) is 0 Å². The van der Waals surface area contributed by atoms with Gasteiger partial charge in [-0.2, -0.15) is 0 Å². The number of aromatic nitrogens is 5. The molecule has 0 spiro atoms. The highest BCUT2D eigenvalue weighted by atomic mass is 35.5. The lowest BCUT2D eigenvalue weighted by atomic mass is 10.2. The lowest BCUT2D eigenvalue weighted by molar-refractivity contribution is 0.509. The van der Waals surface area contributed by atoms with E-state index >= 15 is 0 Å². The second-order valence-corrected chi connectivity index (χ2v) is 8.43. The van der Waals surface area contributed by atoms with Crippen LogP contribution >= 0.6 is 34.7 Å². The molecule has 3 aromatic heterocycles. The van der Waals surface area contributed by atoms with E-state index in [1.54, 1.807) is 23.1 Å². The number of benzene rings is 1. The molecule has 0 fully saturated rings. The molecular formula is C18H16ClN5OS2. The maximum absolute atomic E-state index is 5.98. The van der Waals surface area contributed by atoms with E-state index in [0.717, 1.165) is 28.0 Å². The number of hydrogen-bond acceptors (Lipinski definition) is 7. The Kier molecular flexibility index (Phi) is 5.29. The Morgan fingerprint density at radius 1 is 1.15 bits per heavy atom. The third-order valence-electron chi connectivity index (χ3n) is 3.94. The maximum atomic E-state index is 5.98. The lowest BCUT2D eigenvalue weighted by Gasteiger charge is -2.09. The van der Waals surface area contributed by atoms with Crippen LogP contribution in [0.4, 0.5) is 0 Å². The van der Waals surface area contributed by atoms with Crippen LogP contribution in [0.5, 0.6) is 0 Å². The highest BCUT2D eigenvalue weighted by Crippen LogP contribution is 2.36. The van der Waals surface area contributed by atoms with Crippen molar-refractivity contribution in [3.05, 3.63) is 52.7 Å². The molecule has 1 atom stereocenters. The molecule has 3 heterocycles. The van der Waals surface area contributed by atoms with E-state index in [0.29, 0.717) is 16.8 Å². The highest BCUT2D eigenvalue weighted by molar-refractivity contribution is 7.99. The summed E-state index contributed by atoms with van der Waals surface area (Å²) in [4.78, 5) is 0.965. The molecule has 0 radical (unpaired) electrons. The fourth-order valence-corrected chi connectivity index (χ4v) is 4.29. The van der Waals surface area contributed by atoms with Gasteiger partial charge in [0.2, 0.25) is 5.89 Å². The Hall–Kier alpha value is -2.16. The van der Waals surface area contributed by atoms with Gasteiger partial charge >= 0.3 is 0 Å². The van der Waals surface area contributed by atoms with Crippen LogP contribution in [0, 0.1) is 0 Å². The average molecular weight is 418 g/mol. The van der Waals surface area contributed by atoms with Crippen molar-refractivity contribution >= 4 is 34.7 Å². The minimum absolute atomic E-state index is 0.0428. The summed E-state index contributed by atoms with van der Waals surface area (Å²) in [7, 11) is 0. The largest absolute Gasteiger partial charge is 0.419 e. The Labute approximate surface area is 169 Å². The second kappa shape index (κ2) is 7.84. The van der Waals surface area contributed by atoms with E-state index in [1.165, 1.54) is 0 Å². The summed E-state index contributed by atoms with van der Waals surface area (Å²) in [6.45, 7) is 4.84. The van der Waals surface area contributed by atoms with Gasteiger partial charge in [-0.15, -0.1) is 31.7 Å². The Morgan fingerprint density at radius 2 is 1.96 bits per heavy atom. The van der Waals surface area contributed by atoms with Crippen LogP contribution in [-0.2, 0) is 6.54 Å². The van der Waals surface area contributed by atoms with Gasteiger partial charge in [-0.25, -0.2) is 0 Å². The predicted molar refractivity (Wildman–Crippen MR) is 108 cm³/mol. The Bertz CT molecular complexity index is 1030. The van der Waals surface area contributed by atoms with Crippen molar-refractivity contribution in [2.45, 2.75) is 30.8 Å². The van der Waals surface area contributed by atoms with Crippen molar-refractivity contribution in [2.75, 3.05) is 0 Å². The highest BCUT2D eigenvalue weighted by Gasteiger charge is 2.21. The second-order valence-electron chi connectivity index (χ2n) is 5.74. The summed E-state index contributed by atoms with van der Waals surface area (Å²) in [5, 5.41) is 20.5. The first-order valence-electron chi connectivity index (χ1n) is 8.38. The zero-order chi connectivity index (χ0) is 18.8. The fourth-order valence-electron chi connectivity index (χ4n) is 2.58. The summed E-state index contributed by atoms with van der Waals surface area (Å²) in [6, 6.07) is 11.5. The molecule has 0 saturated heterocycles. The van der Waals surface area contributed by atoms with Crippen molar-refractivity contribution in [1.82, 2.24) is 25.0 Å². The van der Waals surface area contributed by atoms with Crippen LogP contribution in [0.2, 0.25) is 5.02 Å². The summed E-state index contributed by atoms with van der Waals surface area (Å²) >= 11 is 9.11. The molecule has 0 saturated carbocycles. The van der Waals surface area contributed by atoms with E-state index in [2.05, 4.69) is 31.9 Å². The molecule has 1 unspecified atom stereocenters. The van der Waals surface area contributed by atoms with Gasteiger partial charge in [-0.3, -0.25) is 0 Å². The van der Waals surface area contributed by atoms with Crippen LogP contribution < -0.4 is 0 Å². The molecule has 6 nitrogen and oxygen atoms in total. The van der Waals surface area contributed by atoms with Gasteiger partial charge in [0.25, 0.3) is 5.89 Å². The fraction of sp³-hybridized carbons (Fsp3) is 0.222. The average Bonchev–Trinajstić information content (AvgIpc) is 3.42. The standard InChI is InChI=1S/C18H16ClN5OS2/c1-3-24-15(12-6-8-13(19)9-7-12)20-23-18(24)27-11(2)16-21-22-17(25-16)14-5-4-10-26-14/h4-11H,3H2,1-2H3. The van der Waals surface area contributed by atoms with E-state index in [-0.39, 0.29) is 5.25 Å². The summed E-state index contributed by atoms with van der Waals surface area (Å²) in [5.74, 6) is 1.93. The number of nitrogens with zero attached hydrogens (tertiary/aromatic N) is 5. The van der Waals surface area contributed by atoms with Gasteiger partial charge in [0.05, 0.1) is 10.1 Å². The van der Waals surface area contributed by atoms with Crippen molar-refractivity contribution < 1.29 is 4.42 Å². The minimum Gasteiger partial charge on any atom is -0.419 e. The first-order valence-corrected chi connectivity index (χ1v) is 10.5. The molecular weight excluding hydrogens is 402 g/mol. The summed E-state index contributed by atoms with van der Waals surface area (Å²) < 4.78 is 7.91. The molecule has 9 heteroatoms. The normalized spacial score (nSPS) is 12.4. The van der Waals surface area contributed by atoms with E-state index in [4.69, 9.17) is 16.0 Å².